The van der Waals surface area contributed by atoms with E-state index in [4.69, 9.17) is 0 Å². The number of rotatable bonds is 3. The lowest BCUT2D eigenvalue weighted by molar-refractivity contribution is 0.0696. The second-order valence-electron chi connectivity index (χ2n) is 4.44. The van der Waals surface area contributed by atoms with Crippen LogP contribution < -0.4 is 0 Å². The van der Waals surface area contributed by atoms with Crippen LogP contribution in [0.15, 0.2) is 42.5 Å². The highest BCUT2D eigenvalue weighted by Gasteiger charge is 2.14. The van der Waals surface area contributed by atoms with Crippen LogP contribution >= 0.6 is 0 Å². The first kappa shape index (κ1) is 13.0. The summed E-state index contributed by atoms with van der Waals surface area (Å²) in [6.07, 6.45) is 0. The van der Waals surface area contributed by atoms with E-state index in [9.17, 15) is 14.7 Å². The standard InChI is InChI=1S/C16H14O3/c1-10-5-3-8-14(15(10)16(18)19)13-7-4-6-12(9-13)11(2)17/h3-9H,1-2H3,(H,18,19). The number of carboxylic acid groups (broad SMARTS) is 1. The number of aryl methyl sites for hydroxylation is 1. The van der Waals surface area contributed by atoms with Gasteiger partial charge in [0.2, 0.25) is 0 Å². The van der Waals surface area contributed by atoms with Crippen LogP contribution in [-0.4, -0.2) is 16.9 Å². The summed E-state index contributed by atoms with van der Waals surface area (Å²) in [6, 6.07) is 12.4. The Bertz CT molecular complexity index is 657. The van der Waals surface area contributed by atoms with E-state index < -0.39 is 5.97 Å². The molecular formula is C16H14O3. The maximum absolute atomic E-state index is 11.4. The zero-order valence-corrected chi connectivity index (χ0v) is 10.8. The van der Waals surface area contributed by atoms with Crippen molar-refractivity contribution in [2.75, 3.05) is 0 Å². The highest BCUT2D eigenvalue weighted by molar-refractivity contribution is 5.99. The summed E-state index contributed by atoms with van der Waals surface area (Å²) >= 11 is 0. The molecule has 0 aromatic heterocycles. The van der Waals surface area contributed by atoms with E-state index in [-0.39, 0.29) is 11.3 Å². The smallest absolute Gasteiger partial charge is 0.336 e. The molecule has 0 heterocycles. The second-order valence-corrected chi connectivity index (χ2v) is 4.44. The molecule has 3 heteroatoms. The van der Waals surface area contributed by atoms with Crippen LogP contribution in [0.1, 0.15) is 33.2 Å². The van der Waals surface area contributed by atoms with Crippen molar-refractivity contribution in [2.45, 2.75) is 13.8 Å². The van der Waals surface area contributed by atoms with Crippen LogP contribution in [0.25, 0.3) is 11.1 Å². The van der Waals surface area contributed by atoms with Gasteiger partial charge in [-0.3, -0.25) is 4.79 Å². The molecule has 0 amide bonds. The van der Waals surface area contributed by atoms with Gasteiger partial charge in [-0.15, -0.1) is 0 Å². The predicted molar refractivity (Wildman–Crippen MR) is 73.6 cm³/mol. The molecule has 0 aliphatic rings. The van der Waals surface area contributed by atoms with E-state index in [0.29, 0.717) is 16.7 Å². The van der Waals surface area contributed by atoms with Crippen molar-refractivity contribution >= 4 is 11.8 Å². The van der Waals surface area contributed by atoms with Crippen molar-refractivity contribution < 1.29 is 14.7 Å². The molecule has 0 aliphatic carbocycles. The Balaban J connectivity index is 2.65. The summed E-state index contributed by atoms with van der Waals surface area (Å²) < 4.78 is 0. The molecule has 0 fully saturated rings. The van der Waals surface area contributed by atoms with Crippen LogP contribution in [0.5, 0.6) is 0 Å². The number of ketones is 1. The summed E-state index contributed by atoms with van der Waals surface area (Å²) in [4.78, 5) is 22.8. The normalized spacial score (nSPS) is 10.2. The van der Waals surface area contributed by atoms with Gasteiger partial charge in [-0.1, -0.05) is 36.4 Å². The molecule has 0 aliphatic heterocycles. The largest absolute Gasteiger partial charge is 0.478 e. The van der Waals surface area contributed by atoms with Gasteiger partial charge >= 0.3 is 5.97 Å². The average Bonchev–Trinajstić information content (AvgIpc) is 2.38. The number of aromatic carboxylic acids is 1. The maximum Gasteiger partial charge on any atom is 0.336 e. The van der Waals surface area contributed by atoms with Crippen LogP contribution in [0, 0.1) is 6.92 Å². The number of benzene rings is 2. The topological polar surface area (TPSA) is 54.4 Å². The third-order valence-electron chi connectivity index (χ3n) is 3.07. The van der Waals surface area contributed by atoms with E-state index in [0.717, 1.165) is 5.56 Å². The van der Waals surface area contributed by atoms with Gasteiger partial charge in [0.05, 0.1) is 5.56 Å². The lowest BCUT2D eigenvalue weighted by atomic mass is 9.94. The zero-order valence-electron chi connectivity index (χ0n) is 10.8. The Labute approximate surface area is 111 Å². The summed E-state index contributed by atoms with van der Waals surface area (Å²) in [5, 5.41) is 9.32. The fourth-order valence-electron chi connectivity index (χ4n) is 2.10. The zero-order chi connectivity index (χ0) is 14.0. The van der Waals surface area contributed by atoms with E-state index in [1.807, 2.05) is 12.1 Å². The Kier molecular flexibility index (Phi) is 3.47. The summed E-state index contributed by atoms with van der Waals surface area (Å²) in [5.74, 6) is -0.993. The quantitative estimate of drug-likeness (QED) is 0.852. The van der Waals surface area contributed by atoms with Gasteiger partial charge in [-0.2, -0.15) is 0 Å². The summed E-state index contributed by atoms with van der Waals surface area (Å²) in [7, 11) is 0. The van der Waals surface area contributed by atoms with E-state index in [2.05, 4.69) is 0 Å². The number of hydrogen-bond acceptors (Lipinski definition) is 2. The Morgan fingerprint density at radius 3 is 2.37 bits per heavy atom. The molecule has 0 radical (unpaired) electrons. The number of carboxylic acids is 1. The van der Waals surface area contributed by atoms with E-state index in [1.165, 1.54) is 6.92 Å². The van der Waals surface area contributed by atoms with Gasteiger partial charge in [-0.05, 0) is 36.6 Å². The average molecular weight is 254 g/mol. The lowest BCUT2D eigenvalue weighted by Gasteiger charge is -2.10. The summed E-state index contributed by atoms with van der Waals surface area (Å²) in [6.45, 7) is 3.26. The number of carbonyl (C=O) groups is 2. The van der Waals surface area contributed by atoms with Crippen molar-refractivity contribution in [3.05, 3.63) is 59.2 Å². The van der Waals surface area contributed by atoms with Gasteiger partial charge in [0.15, 0.2) is 5.78 Å². The van der Waals surface area contributed by atoms with E-state index in [1.54, 1.807) is 37.3 Å². The van der Waals surface area contributed by atoms with Crippen LogP contribution in [-0.2, 0) is 0 Å². The molecule has 2 aromatic carbocycles. The molecule has 1 N–H and O–H groups in total. The monoisotopic (exact) mass is 254 g/mol. The van der Waals surface area contributed by atoms with Crippen molar-refractivity contribution in [1.82, 2.24) is 0 Å². The third-order valence-corrected chi connectivity index (χ3v) is 3.07. The van der Waals surface area contributed by atoms with Crippen molar-refractivity contribution in [1.29, 1.82) is 0 Å². The molecule has 96 valence electrons. The Morgan fingerprint density at radius 1 is 1.05 bits per heavy atom. The Hall–Kier alpha value is -2.42. The molecular weight excluding hydrogens is 240 g/mol. The van der Waals surface area contributed by atoms with Crippen LogP contribution in [0.4, 0.5) is 0 Å². The molecule has 0 spiro atoms. The molecule has 3 nitrogen and oxygen atoms in total. The van der Waals surface area contributed by atoms with Crippen molar-refractivity contribution in [2.24, 2.45) is 0 Å². The first-order valence-electron chi connectivity index (χ1n) is 5.95. The molecule has 0 bridgehead atoms. The minimum Gasteiger partial charge on any atom is -0.478 e. The van der Waals surface area contributed by atoms with Gasteiger partial charge in [-0.25, -0.2) is 4.79 Å². The molecule has 0 unspecified atom stereocenters. The van der Waals surface area contributed by atoms with E-state index >= 15 is 0 Å². The molecule has 2 rings (SSSR count). The second kappa shape index (κ2) is 5.06. The minimum absolute atomic E-state index is 0.0358. The molecule has 19 heavy (non-hydrogen) atoms. The first-order chi connectivity index (χ1) is 9.00. The Morgan fingerprint density at radius 2 is 1.74 bits per heavy atom. The molecule has 2 aromatic rings. The van der Waals surface area contributed by atoms with Gasteiger partial charge in [0.25, 0.3) is 0 Å². The fraction of sp³-hybridized carbons (Fsp3) is 0.125. The number of hydrogen-bond donors (Lipinski definition) is 1. The van der Waals surface area contributed by atoms with Crippen molar-refractivity contribution in [3.63, 3.8) is 0 Å². The van der Waals surface area contributed by atoms with Gasteiger partial charge in [0.1, 0.15) is 0 Å². The fourth-order valence-corrected chi connectivity index (χ4v) is 2.10. The SMILES string of the molecule is CC(=O)c1cccc(-c2cccc(C)c2C(=O)O)c1. The molecule has 0 saturated heterocycles. The lowest BCUT2D eigenvalue weighted by Crippen LogP contribution is -2.03. The van der Waals surface area contributed by atoms with Gasteiger partial charge in [0, 0.05) is 5.56 Å². The van der Waals surface area contributed by atoms with Crippen LogP contribution in [0.3, 0.4) is 0 Å². The first-order valence-corrected chi connectivity index (χ1v) is 5.95. The summed E-state index contributed by atoms with van der Waals surface area (Å²) in [5.41, 5.74) is 2.95. The highest BCUT2D eigenvalue weighted by atomic mass is 16.4. The van der Waals surface area contributed by atoms with Gasteiger partial charge < -0.3 is 5.11 Å². The maximum atomic E-state index is 11.4. The number of Topliss-reactive ketones (excluding diaryl/α,β-unsaturated/α-hetero) is 1. The van der Waals surface area contributed by atoms with Crippen LogP contribution in [0.2, 0.25) is 0 Å². The van der Waals surface area contributed by atoms with Crippen molar-refractivity contribution in [3.8, 4) is 11.1 Å². The third kappa shape index (κ3) is 2.55. The minimum atomic E-state index is -0.957. The predicted octanol–water partition coefficient (Wildman–Crippen LogP) is 3.56. The molecule has 0 saturated carbocycles. The number of carbonyl (C=O) groups excluding carboxylic acids is 1. The highest BCUT2D eigenvalue weighted by Crippen LogP contribution is 2.27. The molecule has 0 atom stereocenters.